The number of carbonyl (C=O) groups is 1. The van der Waals surface area contributed by atoms with Crippen molar-refractivity contribution in [3.63, 3.8) is 0 Å². The Morgan fingerprint density at radius 2 is 1.92 bits per heavy atom. The Balaban J connectivity index is 1.57. The number of hydrogen-bond donors (Lipinski definition) is 2. The molecule has 4 rings (SSSR count). The van der Waals surface area contributed by atoms with Gasteiger partial charge in [-0.1, -0.05) is 46.1 Å². The summed E-state index contributed by atoms with van der Waals surface area (Å²) in [6.45, 7) is 6.52. The fourth-order valence-electron chi connectivity index (χ4n) is 5.25. The number of sulfone groups is 1. The van der Waals surface area contributed by atoms with E-state index in [1.807, 2.05) is 26.8 Å². The van der Waals surface area contributed by atoms with Crippen LogP contribution in [0.25, 0.3) is 0 Å². The van der Waals surface area contributed by atoms with Crippen LogP contribution >= 0.6 is 7.52 Å². The SMILES string of the molecule is COP1(=O)N=C(C2=C(O)[C@H](C(C)(C)C)N(CCC3CC3)C2=O)Nc2ccc(CCCCCS(C)(=O)=O)cc21. The second-order valence-corrected chi connectivity index (χ2v) is 16.2. The van der Waals surface area contributed by atoms with E-state index in [1.165, 1.54) is 26.2 Å². The maximum Gasteiger partial charge on any atom is 0.348 e. The number of amidine groups is 1. The van der Waals surface area contributed by atoms with Gasteiger partial charge in [-0.25, -0.2) is 8.42 Å². The lowest BCUT2D eigenvalue weighted by Gasteiger charge is -2.35. The fourth-order valence-corrected chi connectivity index (χ4v) is 7.54. The molecule has 11 heteroatoms. The first-order valence-corrected chi connectivity index (χ1v) is 17.0. The van der Waals surface area contributed by atoms with Crippen molar-refractivity contribution in [3.8, 4) is 0 Å². The number of unbranched alkanes of at least 4 members (excludes halogenated alkanes) is 2. The van der Waals surface area contributed by atoms with Crippen LogP contribution in [0.1, 0.15) is 64.9 Å². The molecule has 2 aliphatic heterocycles. The zero-order valence-corrected chi connectivity index (χ0v) is 24.7. The van der Waals surface area contributed by atoms with Crippen LogP contribution in [-0.4, -0.2) is 61.9 Å². The number of nitrogens with one attached hydrogen (secondary N) is 1. The Hall–Kier alpha value is -2.16. The standard InChI is InChI=1S/C27H40N3O6PS/c1-27(2,3)24-23(31)22(26(32)30(24)15-14-18-10-11-18)25-28-20-13-12-19(9-7-6-8-16-38(5,34)35)17-21(20)37(33,29-25)36-4/h12-13,17-18,24,31H,6-11,14-16H2,1-5H3,(H,28,29,33)/t24-,37?/m1/s1. The van der Waals surface area contributed by atoms with Gasteiger partial charge in [-0.15, -0.1) is 0 Å². The first-order chi connectivity index (χ1) is 17.7. The molecule has 1 fully saturated rings. The molecule has 1 saturated carbocycles. The molecular formula is C27H40N3O6PS. The van der Waals surface area contributed by atoms with Crippen molar-refractivity contribution >= 4 is 40.1 Å². The molecule has 1 unspecified atom stereocenters. The second-order valence-electron chi connectivity index (χ2n) is 11.8. The topological polar surface area (TPSA) is 125 Å². The number of benzene rings is 1. The summed E-state index contributed by atoms with van der Waals surface area (Å²) in [6, 6.07) is 5.01. The molecule has 210 valence electrons. The maximum atomic E-state index is 13.9. The van der Waals surface area contributed by atoms with Crippen molar-refractivity contribution < 1.29 is 27.4 Å². The van der Waals surface area contributed by atoms with Crippen LogP contribution in [0.2, 0.25) is 0 Å². The highest BCUT2D eigenvalue weighted by atomic mass is 32.2. The molecule has 0 radical (unpaired) electrons. The minimum absolute atomic E-state index is 0.0543. The molecule has 0 bridgehead atoms. The van der Waals surface area contributed by atoms with Gasteiger partial charge in [0.05, 0.1) is 17.0 Å². The van der Waals surface area contributed by atoms with Crippen LogP contribution in [0, 0.1) is 11.3 Å². The van der Waals surface area contributed by atoms with Crippen molar-refractivity contribution in [3.05, 3.63) is 35.1 Å². The lowest BCUT2D eigenvalue weighted by Crippen LogP contribution is -2.44. The van der Waals surface area contributed by atoms with E-state index < -0.39 is 28.8 Å². The van der Waals surface area contributed by atoms with Crippen molar-refractivity contribution in [1.29, 1.82) is 0 Å². The normalized spacial score (nSPS) is 23.9. The van der Waals surface area contributed by atoms with Gasteiger partial charge in [-0.3, -0.25) is 9.36 Å². The van der Waals surface area contributed by atoms with Crippen molar-refractivity contribution in [1.82, 2.24) is 4.90 Å². The number of rotatable bonds is 11. The van der Waals surface area contributed by atoms with Crippen LogP contribution in [0.3, 0.4) is 0 Å². The van der Waals surface area contributed by atoms with E-state index in [2.05, 4.69) is 10.1 Å². The highest BCUT2D eigenvalue weighted by molar-refractivity contribution is 7.90. The van der Waals surface area contributed by atoms with Gasteiger partial charge < -0.3 is 19.8 Å². The van der Waals surface area contributed by atoms with Gasteiger partial charge in [-0.2, -0.15) is 4.76 Å². The third-order valence-corrected chi connectivity index (χ3v) is 10.4. The van der Waals surface area contributed by atoms with Gasteiger partial charge in [0, 0.05) is 25.7 Å². The number of carbonyl (C=O) groups excluding carboxylic acids is 1. The predicted molar refractivity (Wildman–Crippen MR) is 151 cm³/mol. The number of fused-ring (bicyclic) bond motifs is 1. The van der Waals surface area contributed by atoms with E-state index in [0.29, 0.717) is 36.3 Å². The highest BCUT2D eigenvalue weighted by Crippen LogP contribution is 2.52. The molecule has 1 aromatic rings. The van der Waals surface area contributed by atoms with Gasteiger partial charge in [0.1, 0.15) is 21.2 Å². The Morgan fingerprint density at radius 1 is 1.21 bits per heavy atom. The molecule has 1 aromatic carbocycles. The van der Waals surface area contributed by atoms with E-state index in [-0.39, 0.29) is 28.8 Å². The number of aliphatic hydroxyl groups excluding tert-OH is 1. The summed E-state index contributed by atoms with van der Waals surface area (Å²) in [6.07, 6.45) is 7.38. The van der Waals surface area contributed by atoms with Gasteiger partial charge in [-0.05, 0) is 54.7 Å². The van der Waals surface area contributed by atoms with Crippen LogP contribution < -0.4 is 10.6 Å². The van der Waals surface area contributed by atoms with Gasteiger partial charge in [0.15, 0.2) is 5.84 Å². The maximum absolute atomic E-state index is 13.9. The fraction of sp³-hybridized carbons (Fsp3) is 0.630. The lowest BCUT2D eigenvalue weighted by atomic mass is 9.85. The second kappa shape index (κ2) is 10.8. The minimum Gasteiger partial charge on any atom is -0.509 e. The summed E-state index contributed by atoms with van der Waals surface area (Å²) in [7, 11) is -5.34. The third kappa shape index (κ3) is 6.35. The first-order valence-electron chi connectivity index (χ1n) is 13.3. The molecule has 0 aromatic heterocycles. The number of anilines is 1. The quantitative estimate of drug-likeness (QED) is 0.297. The van der Waals surface area contributed by atoms with Gasteiger partial charge in [0.2, 0.25) is 0 Å². The van der Waals surface area contributed by atoms with E-state index in [0.717, 1.165) is 24.8 Å². The van der Waals surface area contributed by atoms with Crippen LogP contribution in [-0.2, 0) is 30.1 Å². The molecule has 2 N–H and O–H groups in total. The predicted octanol–water partition coefficient (Wildman–Crippen LogP) is 4.60. The summed E-state index contributed by atoms with van der Waals surface area (Å²) in [5.74, 6) is 0.510. The average molecular weight is 566 g/mol. The Labute approximate surface area is 226 Å². The zero-order valence-electron chi connectivity index (χ0n) is 23.0. The van der Waals surface area contributed by atoms with E-state index in [9.17, 15) is 22.9 Å². The number of nitrogens with zero attached hydrogens (tertiary/aromatic N) is 2. The van der Waals surface area contributed by atoms with Crippen molar-refractivity contribution in [2.45, 2.75) is 71.8 Å². The highest BCUT2D eigenvalue weighted by Gasteiger charge is 2.48. The molecule has 38 heavy (non-hydrogen) atoms. The smallest absolute Gasteiger partial charge is 0.348 e. The number of amides is 1. The molecule has 1 amide bonds. The molecule has 3 aliphatic rings. The molecule has 2 heterocycles. The number of hydrogen-bond acceptors (Lipinski definition) is 7. The van der Waals surface area contributed by atoms with E-state index >= 15 is 0 Å². The Bertz CT molecular complexity index is 1310. The summed E-state index contributed by atoms with van der Waals surface area (Å²) < 4.78 is 46.4. The van der Waals surface area contributed by atoms with Crippen LogP contribution in [0.4, 0.5) is 5.69 Å². The average Bonchev–Trinajstić information content (AvgIpc) is 3.60. The van der Waals surface area contributed by atoms with E-state index in [4.69, 9.17) is 4.52 Å². The first kappa shape index (κ1) is 28.8. The molecule has 0 saturated heterocycles. The summed E-state index contributed by atoms with van der Waals surface area (Å²) in [5, 5.41) is 14.9. The van der Waals surface area contributed by atoms with Crippen molar-refractivity contribution in [2.75, 3.05) is 31.0 Å². The van der Waals surface area contributed by atoms with Gasteiger partial charge >= 0.3 is 7.52 Å². The lowest BCUT2D eigenvalue weighted by molar-refractivity contribution is -0.128. The Morgan fingerprint density at radius 3 is 2.53 bits per heavy atom. The number of aryl methyl sites for hydroxylation is 1. The van der Waals surface area contributed by atoms with Crippen molar-refractivity contribution in [2.24, 2.45) is 16.1 Å². The molecular weight excluding hydrogens is 525 g/mol. The summed E-state index contributed by atoms with van der Waals surface area (Å²) in [5.41, 5.74) is 1.12. The molecule has 1 aliphatic carbocycles. The summed E-state index contributed by atoms with van der Waals surface area (Å²) >= 11 is 0. The molecule has 2 atom stereocenters. The minimum atomic E-state index is -3.71. The molecule has 0 spiro atoms. The monoisotopic (exact) mass is 565 g/mol. The van der Waals surface area contributed by atoms with Gasteiger partial charge in [0.25, 0.3) is 5.91 Å². The molecule has 9 nitrogen and oxygen atoms in total. The zero-order chi connectivity index (χ0) is 27.9. The number of aliphatic hydroxyl groups is 1. The van der Waals surface area contributed by atoms with E-state index in [1.54, 1.807) is 17.0 Å². The van der Waals surface area contributed by atoms with Crippen LogP contribution in [0.5, 0.6) is 0 Å². The summed E-state index contributed by atoms with van der Waals surface area (Å²) in [4.78, 5) is 15.4. The largest absolute Gasteiger partial charge is 0.509 e. The third-order valence-electron chi connectivity index (χ3n) is 7.41. The van der Waals surface area contributed by atoms with Crippen LogP contribution in [0.15, 0.2) is 34.3 Å². The Kier molecular flexibility index (Phi) is 8.18.